The smallest absolute Gasteiger partial charge is 0.273 e. The summed E-state index contributed by atoms with van der Waals surface area (Å²) in [6, 6.07) is 10.2. The molecule has 0 aliphatic rings. The Bertz CT molecular complexity index is 1050. The highest BCUT2D eigenvalue weighted by atomic mass is 32.1. The maximum Gasteiger partial charge on any atom is 0.273 e. The number of fused-ring (bicyclic) bond motifs is 1. The van der Waals surface area contributed by atoms with Crippen LogP contribution < -0.4 is 10.6 Å². The number of thiazole rings is 1. The van der Waals surface area contributed by atoms with Crippen molar-refractivity contribution < 1.29 is 9.72 Å². The van der Waals surface area contributed by atoms with Crippen LogP contribution in [0.3, 0.4) is 0 Å². The van der Waals surface area contributed by atoms with Gasteiger partial charge in [-0.2, -0.15) is 0 Å². The molecule has 0 saturated heterocycles. The van der Waals surface area contributed by atoms with E-state index in [-0.39, 0.29) is 16.4 Å². The molecule has 1 aromatic heterocycles. The molecular weight excluding hydrogens is 372 g/mol. The Kier molecular flexibility index (Phi) is 4.92. The summed E-state index contributed by atoms with van der Waals surface area (Å²) in [5.41, 5.74) is 2.50. The lowest BCUT2D eigenvalue weighted by Crippen LogP contribution is -2.34. The van der Waals surface area contributed by atoms with Crippen molar-refractivity contribution in [1.82, 2.24) is 10.3 Å². The van der Waals surface area contributed by atoms with Crippen molar-refractivity contribution in [3.05, 3.63) is 63.2 Å². The van der Waals surface area contributed by atoms with Crippen molar-refractivity contribution in [2.45, 2.75) is 13.8 Å². The van der Waals surface area contributed by atoms with E-state index in [2.05, 4.69) is 15.6 Å². The van der Waals surface area contributed by atoms with E-state index in [0.29, 0.717) is 10.7 Å². The molecular formula is C17H14N4O3S2. The number of nitrogens with zero attached hydrogens (tertiary/aromatic N) is 2. The van der Waals surface area contributed by atoms with Crippen molar-refractivity contribution in [3.8, 4) is 0 Å². The lowest BCUT2D eigenvalue weighted by atomic mass is 10.1. The second-order valence-electron chi connectivity index (χ2n) is 5.66. The topological polar surface area (TPSA) is 97.2 Å². The fraction of sp³-hybridized carbons (Fsp3) is 0.118. The van der Waals surface area contributed by atoms with Crippen LogP contribution in [0.4, 0.5) is 10.8 Å². The van der Waals surface area contributed by atoms with Gasteiger partial charge in [-0.3, -0.25) is 20.2 Å². The molecule has 3 aromatic rings. The van der Waals surface area contributed by atoms with Gasteiger partial charge in [-0.25, -0.2) is 4.98 Å². The van der Waals surface area contributed by atoms with Crippen LogP contribution in [0.1, 0.15) is 21.5 Å². The van der Waals surface area contributed by atoms with Gasteiger partial charge < -0.3 is 5.32 Å². The predicted octanol–water partition coefficient (Wildman–Crippen LogP) is 3.95. The molecule has 9 heteroatoms. The first kappa shape index (κ1) is 17.9. The lowest BCUT2D eigenvalue weighted by molar-refractivity contribution is -0.385. The minimum absolute atomic E-state index is 0.0778. The Balaban J connectivity index is 1.71. The highest BCUT2D eigenvalue weighted by molar-refractivity contribution is 7.80. The van der Waals surface area contributed by atoms with Crippen LogP contribution in [0.5, 0.6) is 0 Å². The Hall–Kier alpha value is -2.91. The Labute approximate surface area is 158 Å². The molecule has 0 atom stereocenters. The average Bonchev–Trinajstić information content (AvgIpc) is 2.95. The normalized spacial score (nSPS) is 10.5. The number of rotatable bonds is 3. The third-order valence-electron chi connectivity index (χ3n) is 3.66. The quantitative estimate of drug-likeness (QED) is 0.402. The summed E-state index contributed by atoms with van der Waals surface area (Å²) in [5.74, 6) is -0.525. The molecule has 0 aliphatic carbocycles. The van der Waals surface area contributed by atoms with Crippen LogP contribution >= 0.6 is 23.6 Å². The molecule has 0 bridgehead atoms. The molecule has 1 heterocycles. The number of carbonyl (C=O) groups excluding carboxylic acids is 1. The monoisotopic (exact) mass is 386 g/mol. The van der Waals surface area contributed by atoms with Crippen LogP contribution in [0.25, 0.3) is 10.2 Å². The van der Waals surface area contributed by atoms with Gasteiger partial charge in [-0.1, -0.05) is 23.5 Å². The fourth-order valence-electron chi connectivity index (χ4n) is 2.34. The second-order valence-corrected chi connectivity index (χ2v) is 7.10. The van der Waals surface area contributed by atoms with Crippen LogP contribution in [-0.4, -0.2) is 20.9 Å². The number of benzene rings is 2. The first-order valence-corrected chi connectivity index (χ1v) is 8.80. The molecule has 0 aliphatic heterocycles. The molecule has 0 fully saturated rings. The number of hydrogen-bond acceptors (Lipinski definition) is 6. The van der Waals surface area contributed by atoms with Gasteiger partial charge in [-0.05, 0) is 49.8 Å². The minimum atomic E-state index is -0.525. The summed E-state index contributed by atoms with van der Waals surface area (Å²) >= 11 is 6.56. The summed E-state index contributed by atoms with van der Waals surface area (Å²) in [6.07, 6.45) is 0. The Morgan fingerprint density at radius 1 is 1.23 bits per heavy atom. The lowest BCUT2D eigenvalue weighted by Gasteiger charge is -2.07. The van der Waals surface area contributed by atoms with E-state index in [4.69, 9.17) is 12.2 Å². The van der Waals surface area contributed by atoms with Gasteiger partial charge >= 0.3 is 0 Å². The number of aryl methyl sites for hydroxylation is 2. The predicted molar refractivity (Wildman–Crippen MR) is 106 cm³/mol. The highest BCUT2D eigenvalue weighted by Crippen LogP contribution is 2.26. The van der Waals surface area contributed by atoms with Crippen molar-refractivity contribution in [2.24, 2.45) is 0 Å². The summed E-state index contributed by atoms with van der Waals surface area (Å²) in [4.78, 5) is 27.1. The molecule has 1 amide bonds. The number of anilines is 1. The maximum atomic E-state index is 12.3. The molecule has 0 saturated carbocycles. The SMILES string of the molecule is Cc1ccc2nc(NC(=S)NC(=O)c3ccc(C)c([N+](=O)[O-])c3)sc2c1. The molecule has 7 nitrogen and oxygen atoms in total. The van der Waals surface area contributed by atoms with E-state index in [1.165, 1.54) is 29.5 Å². The number of aromatic nitrogens is 1. The average molecular weight is 386 g/mol. The van der Waals surface area contributed by atoms with Gasteiger partial charge in [0.05, 0.1) is 15.1 Å². The zero-order valence-corrected chi connectivity index (χ0v) is 15.5. The van der Waals surface area contributed by atoms with Crippen LogP contribution in [0.15, 0.2) is 36.4 Å². The first-order valence-electron chi connectivity index (χ1n) is 7.58. The molecule has 2 N–H and O–H groups in total. The summed E-state index contributed by atoms with van der Waals surface area (Å²) < 4.78 is 1.01. The highest BCUT2D eigenvalue weighted by Gasteiger charge is 2.16. The van der Waals surface area contributed by atoms with Gasteiger partial charge in [0.2, 0.25) is 0 Å². The van der Waals surface area contributed by atoms with E-state index < -0.39 is 10.8 Å². The zero-order chi connectivity index (χ0) is 18.8. The number of thiocarbonyl (C=S) groups is 1. The summed E-state index contributed by atoms with van der Waals surface area (Å²) in [5, 5.41) is 17.0. The van der Waals surface area contributed by atoms with Crippen LogP contribution in [0, 0.1) is 24.0 Å². The van der Waals surface area contributed by atoms with E-state index in [1.54, 1.807) is 6.92 Å². The van der Waals surface area contributed by atoms with Crippen molar-refractivity contribution in [2.75, 3.05) is 5.32 Å². The van der Waals surface area contributed by atoms with Crippen LogP contribution in [-0.2, 0) is 0 Å². The second kappa shape index (κ2) is 7.14. The fourth-order valence-corrected chi connectivity index (χ4v) is 3.56. The Morgan fingerprint density at radius 2 is 2.00 bits per heavy atom. The van der Waals surface area contributed by atoms with Crippen molar-refractivity contribution in [3.63, 3.8) is 0 Å². The van der Waals surface area contributed by atoms with Gasteiger partial charge in [-0.15, -0.1) is 0 Å². The third kappa shape index (κ3) is 3.84. The van der Waals surface area contributed by atoms with E-state index >= 15 is 0 Å². The van der Waals surface area contributed by atoms with E-state index in [1.807, 2.05) is 25.1 Å². The molecule has 3 rings (SSSR count). The van der Waals surface area contributed by atoms with Gasteiger partial charge in [0, 0.05) is 17.2 Å². The molecule has 0 unspecified atom stereocenters. The van der Waals surface area contributed by atoms with E-state index in [0.717, 1.165) is 15.8 Å². The van der Waals surface area contributed by atoms with Gasteiger partial charge in [0.25, 0.3) is 11.6 Å². The van der Waals surface area contributed by atoms with Gasteiger partial charge in [0.15, 0.2) is 10.2 Å². The standard InChI is InChI=1S/C17H14N4O3S2/c1-9-3-6-12-14(7-9)26-17(18-12)20-16(25)19-15(22)11-5-4-10(2)13(8-11)21(23)24/h3-8H,1-2H3,(H2,18,19,20,22,25). The molecule has 2 aromatic carbocycles. The zero-order valence-electron chi connectivity index (χ0n) is 13.9. The number of nitro benzene ring substituents is 1. The third-order valence-corrected chi connectivity index (χ3v) is 4.80. The molecule has 0 radical (unpaired) electrons. The Morgan fingerprint density at radius 3 is 2.73 bits per heavy atom. The van der Waals surface area contributed by atoms with Crippen LogP contribution in [0.2, 0.25) is 0 Å². The van der Waals surface area contributed by atoms with E-state index in [9.17, 15) is 14.9 Å². The van der Waals surface area contributed by atoms with Crippen molar-refractivity contribution in [1.29, 1.82) is 0 Å². The summed E-state index contributed by atoms with van der Waals surface area (Å²) in [7, 11) is 0. The molecule has 132 valence electrons. The minimum Gasteiger partial charge on any atom is -0.308 e. The van der Waals surface area contributed by atoms with Crippen molar-refractivity contribution >= 4 is 55.6 Å². The number of nitro groups is 1. The first-order chi connectivity index (χ1) is 12.3. The largest absolute Gasteiger partial charge is 0.308 e. The number of carbonyl (C=O) groups is 1. The number of hydrogen-bond donors (Lipinski definition) is 2. The molecule has 0 spiro atoms. The number of nitrogens with one attached hydrogen (secondary N) is 2. The van der Waals surface area contributed by atoms with Gasteiger partial charge in [0.1, 0.15) is 0 Å². The molecule has 26 heavy (non-hydrogen) atoms. The maximum absolute atomic E-state index is 12.3. The summed E-state index contributed by atoms with van der Waals surface area (Å²) in [6.45, 7) is 3.61. The number of amides is 1.